The third-order valence-electron chi connectivity index (χ3n) is 2.66. The van der Waals surface area contributed by atoms with E-state index in [2.05, 4.69) is 31.0 Å². The lowest BCUT2D eigenvalue weighted by molar-refractivity contribution is -0.0192. The summed E-state index contributed by atoms with van der Waals surface area (Å²) in [7, 11) is 0. The standard InChI is InChI=1S/C11H25N3O/c1-11(2,3)15-7-6-14-5-4-13-9-10(14)8-12/h10,13H,4-9,12H2,1-3H3. The average molecular weight is 215 g/mol. The zero-order chi connectivity index (χ0) is 11.3. The third-order valence-corrected chi connectivity index (χ3v) is 2.66. The van der Waals surface area contributed by atoms with Crippen LogP contribution in [0.25, 0.3) is 0 Å². The fourth-order valence-corrected chi connectivity index (χ4v) is 1.80. The molecule has 1 atom stereocenters. The van der Waals surface area contributed by atoms with Crippen molar-refractivity contribution in [2.24, 2.45) is 5.73 Å². The molecule has 1 saturated heterocycles. The van der Waals surface area contributed by atoms with Crippen molar-refractivity contribution in [3.05, 3.63) is 0 Å². The van der Waals surface area contributed by atoms with Crippen LogP contribution in [-0.2, 0) is 4.74 Å². The topological polar surface area (TPSA) is 50.5 Å². The molecule has 0 aromatic carbocycles. The fraction of sp³-hybridized carbons (Fsp3) is 1.00. The Labute approximate surface area is 93.1 Å². The van der Waals surface area contributed by atoms with Crippen molar-refractivity contribution < 1.29 is 4.74 Å². The Bertz CT molecular complexity index is 179. The predicted octanol–water partition coefficient (Wildman–Crippen LogP) is 0.0340. The quantitative estimate of drug-likeness (QED) is 0.695. The Morgan fingerprint density at radius 2 is 2.20 bits per heavy atom. The summed E-state index contributed by atoms with van der Waals surface area (Å²) in [6.07, 6.45) is 0. The highest BCUT2D eigenvalue weighted by Crippen LogP contribution is 2.07. The summed E-state index contributed by atoms with van der Waals surface area (Å²) >= 11 is 0. The predicted molar refractivity (Wildman–Crippen MR) is 63.0 cm³/mol. The van der Waals surface area contributed by atoms with Crippen LogP contribution in [-0.4, -0.2) is 55.9 Å². The summed E-state index contributed by atoms with van der Waals surface area (Å²) < 4.78 is 5.72. The number of hydrogen-bond acceptors (Lipinski definition) is 4. The van der Waals surface area contributed by atoms with E-state index in [9.17, 15) is 0 Å². The summed E-state index contributed by atoms with van der Waals surface area (Å²) in [5.41, 5.74) is 5.69. The molecule has 1 unspecified atom stereocenters. The van der Waals surface area contributed by atoms with E-state index in [1.54, 1.807) is 0 Å². The van der Waals surface area contributed by atoms with Gasteiger partial charge in [-0.1, -0.05) is 0 Å². The number of piperazine rings is 1. The maximum Gasteiger partial charge on any atom is 0.0600 e. The van der Waals surface area contributed by atoms with E-state index < -0.39 is 0 Å². The minimum Gasteiger partial charge on any atom is -0.375 e. The molecular formula is C11H25N3O. The third kappa shape index (κ3) is 4.93. The van der Waals surface area contributed by atoms with Gasteiger partial charge in [0, 0.05) is 38.8 Å². The number of nitrogens with one attached hydrogen (secondary N) is 1. The maximum atomic E-state index is 5.73. The molecule has 1 aliphatic rings. The monoisotopic (exact) mass is 215 g/mol. The van der Waals surface area contributed by atoms with Gasteiger partial charge in [-0.2, -0.15) is 0 Å². The molecule has 0 saturated carbocycles. The van der Waals surface area contributed by atoms with Crippen LogP contribution >= 0.6 is 0 Å². The van der Waals surface area contributed by atoms with Crippen molar-refractivity contribution in [2.45, 2.75) is 32.4 Å². The van der Waals surface area contributed by atoms with Crippen LogP contribution in [0, 0.1) is 0 Å². The van der Waals surface area contributed by atoms with Crippen LogP contribution in [0.4, 0.5) is 0 Å². The van der Waals surface area contributed by atoms with Gasteiger partial charge in [0.25, 0.3) is 0 Å². The molecule has 1 aliphatic heterocycles. The van der Waals surface area contributed by atoms with Crippen molar-refractivity contribution in [3.8, 4) is 0 Å². The van der Waals surface area contributed by atoms with Crippen molar-refractivity contribution in [1.29, 1.82) is 0 Å². The van der Waals surface area contributed by atoms with Crippen LogP contribution in [0.1, 0.15) is 20.8 Å². The van der Waals surface area contributed by atoms with Crippen molar-refractivity contribution in [2.75, 3.05) is 39.3 Å². The molecule has 0 aliphatic carbocycles. The smallest absolute Gasteiger partial charge is 0.0600 e. The second-order valence-corrected chi connectivity index (χ2v) is 5.09. The van der Waals surface area contributed by atoms with Crippen LogP contribution in [0.5, 0.6) is 0 Å². The van der Waals surface area contributed by atoms with E-state index in [0.29, 0.717) is 6.04 Å². The minimum atomic E-state index is -0.0355. The van der Waals surface area contributed by atoms with Gasteiger partial charge in [-0.05, 0) is 20.8 Å². The van der Waals surface area contributed by atoms with E-state index in [-0.39, 0.29) is 5.60 Å². The van der Waals surface area contributed by atoms with E-state index in [1.165, 1.54) is 0 Å². The lowest BCUT2D eigenvalue weighted by Crippen LogP contribution is -2.55. The van der Waals surface area contributed by atoms with Gasteiger partial charge in [0.05, 0.1) is 12.2 Å². The highest BCUT2D eigenvalue weighted by molar-refractivity contribution is 4.80. The van der Waals surface area contributed by atoms with Crippen LogP contribution in [0.3, 0.4) is 0 Å². The van der Waals surface area contributed by atoms with Gasteiger partial charge in [-0.25, -0.2) is 0 Å². The van der Waals surface area contributed by atoms with Gasteiger partial charge in [0.1, 0.15) is 0 Å². The van der Waals surface area contributed by atoms with Crippen molar-refractivity contribution in [1.82, 2.24) is 10.2 Å². The summed E-state index contributed by atoms with van der Waals surface area (Å²) in [4.78, 5) is 2.42. The molecule has 90 valence electrons. The summed E-state index contributed by atoms with van der Waals surface area (Å²) in [5.74, 6) is 0. The first-order chi connectivity index (χ1) is 7.03. The molecule has 1 rings (SSSR count). The normalized spacial score (nSPS) is 24.4. The highest BCUT2D eigenvalue weighted by atomic mass is 16.5. The van der Waals surface area contributed by atoms with E-state index in [4.69, 9.17) is 10.5 Å². The number of nitrogens with zero attached hydrogens (tertiary/aromatic N) is 1. The van der Waals surface area contributed by atoms with Gasteiger partial charge in [0.15, 0.2) is 0 Å². The second-order valence-electron chi connectivity index (χ2n) is 5.09. The Hall–Kier alpha value is -0.160. The number of hydrogen-bond donors (Lipinski definition) is 2. The van der Waals surface area contributed by atoms with Crippen molar-refractivity contribution in [3.63, 3.8) is 0 Å². The Balaban J connectivity index is 2.23. The maximum absolute atomic E-state index is 5.73. The molecule has 15 heavy (non-hydrogen) atoms. The van der Waals surface area contributed by atoms with E-state index in [1.807, 2.05) is 0 Å². The largest absolute Gasteiger partial charge is 0.375 e. The molecule has 0 radical (unpaired) electrons. The number of nitrogens with two attached hydrogens (primary N) is 1. The molecule has 0 bridgehead atoms. The molecule has 0 aromatic rings. The molecule has 1 fully saturated rings. The van der Waals surface area contributed by atoms with E-state index in [0.717, 1.165) is 39.3 Å². The zero-order valence-corrected chi connectivity index (χ0v) is 10.3. The lowest BCUT2D eigenvalue weighted by atomic mass is 10.2. The molecule has 0 amide bonds. The number of ether oxygens (including phenoxy) is 1. The Morgan fingerprint density at radius 1 is 1.47 bits per heavy atom. The van der Waals surface area contributed by atoms with Gasteiger partial charge in [0.2, 0.25) is 0 Å². The number of rotatable bonds is 4. The molecule has 1 heterocycles. The van der Waals surface area contributed by atoms with Crippen molar-refractivity contribution >= 4 is 0 Å². The van der Waals surface area contributed by atoms with Gasteiger partial charge < -0.3 is 15.8 Å². The Kier molecular flexibility index (Phi) is 4.99. The van der Waals surface area contributed by atoms with Crippen LogP contribution in [0.2, 0.25) is 0 Å². The van der Waals surface area contributed by atoms with Gasteiger partial charge in [-0.15, -0.1) is 0 Å². The zero-order valence-electron chi connectivity index (χ0n) is 10.3. The highest BCUT2D eigenvalue weighted by Gasteiger charge is 2.20. The molecular weight excluding hydrogens is 190 g/mol. The van der Waals surface area contributed by atoms with Crippen LogP contribution in [0.15, 0.2) is 0 Å². The summed E-state index contributed by atoms with van der Waals surface area (Å²) in [6.45, 7) is 11.9. The molecule has 0 aromatic heterocycles. The van der Waals surface area contributed by atoms with Crippen LogP contribution < -0.4 is 11.1 Å². The van der Waals surface area contributed by atoms with Gasteiger partial charge >= 0.3 is 0 Å². The first-order valence-electron chi connectivity index (χ1n) is 5.82. The molecule has 4 nitrogen and oxygen atoms in total. The average Bonchev–Trinajstić information content (AvgIpc) is 2.16. The lowest BCUT2D eigenvalue weighted by Gasteiger charge is -2.36. The molecule has 3 N–H and O–H groups in total. The minimum absolute atomic E-state index is 0.0355. The fourth-order valence-electron chi connectivity index (χ4n) is 1.80. The first-order valence-corrected chi connectivity index (χ1v) is 5.82. The first kappa shape index (κ1) is 12.9. The SMILES string of the molecule is CC(C)(C)OCCN1CCNCC1CN. The van der Waals surface area contributed by atoms with Gasteiger partial charge in [-0.3, -0.25) is 4.90 Å². The molecule has 0 spiro atoms. The second kappa shape index (κ2) is 5.80. The summed E-state index contributed by atoms with van der Waals surface area (Å²) in [5, 5.41) is 3.36. The Morgan fingerprint density at radius 3 is 2.80 bits per heavy atom. The van der Waals surface area contributed by atoms with E-state index >= 15 is 0 Å². The molecule has 4 heteroatoms. The summed E-state index contributed by atoms with van der Waals surface area (Å²) in [6, 6.07) is 0.474.